The van der Waals surface area contributed by atoms with Crippen molar-refractivity contribution in [1.29, 1.82) is 0 Å². The molecule has 0 bridgehead atoms. The van der Waals surface area contributed by atoms with Crippen molar-refractivity contribution in [2.75, 3.05) is 23.0 Å². The molecule has 30 heavy (non-hydrogen) atoms. The van der Waals surface area contributed by atoms with E-state index < -0.39 is 53.1 Å². The first-order chi connectivity index (χ1) is 14.1. The quantitative estimate of drug-likeness (QED) is 0.0643. The number of rotatable bonds is 18. The maximum Gasteiger partial charge on any atom is 0.327 e. The van der Waals surface area contributed by atoms with E-state index >= 15 is 0 Å². The van der Waals surface area contributed by atoms with Gasteiger partial charge in [-0.25, -0.2) is 15.6 Å². The fraction of sp³-hybridized carbons (Fsp3) is 0.529. The van der Waals surface area contributed by atoms with Crippen molar-refractivity contribution in [1.82, 2.24) is 16.2 Å². The molecule has 170 valence electrons. The summed E-state index contributed by atoms with van der Waals surface area (Å²) in [6.45, 7) is 6.92. The fourth-order valence-corrected chi connectivity index (χ4v) is 3.77. The molecule has 0 aliphatic rings. The van der Waals surface area contributed by atoms with Crippen molar-refractivity contribution in [2.24, 2.45) is 0 Å². The molecule has 0 aromatic rings. The van der Waals surface area contributed by atoms with E-state index in [9.17, 15) is 28.8 Å². The average Bonchev–Trinajstić information content (AvgIpc) is 2.65. The van der Waals surface area contributed by atoms with Gasteiger partial charge in [-0.1, -0.05) is 12.7 Å². The SMILES string of the molecule is C=CCSC[C@H](NC(=O)CC[C@H](NN[C@@H](C[S+]([O-])CC=C)C(=O)O)C(=O)O)C(=O)O. The van der Waals surface area contributed by atoms with Crippen LogP contribution in [0.25, 0.3) is 0 Å². The van der Waals surface area contributed by atoms with Gasteiger partial charge in [0.25, 0.3) is 0 Å². The van der Waals surface area contributed by atoms with Gasteiger partial charge in [0, 0.05) is 17.9 Å². The Hall–Kier alpha value is -2.06. The molecule has 0 spiro atoms. The fourth-order valence-electron chi connectivity index (χ4n) is 2.00. The predicted octanol–water partition coefficient (Wildman–Crippen LogP) is -0.809. The maximum atomic E-state index is 12.0. The first-order valence-corrected chi connectivity index (χ1v) is 11.4. The zero-order chi connectivity index (χ0) is 23.1. The van der Waals surface area contributed by atoms with Crippen LogP contribution in [0.2, 0.25) is 0 Å². The number of carbonyl (C=O) groups is 4. The number of amides is 1. The lowest BCUT2D eigenvalue weighted by molar-refractivity contribution is -0.143. The van der Waals surface area contributed by atoms with Crippen LogP contribution in [0.3, 0.4) is 0 Å². The molecule has 0 aliphatic carbocycles. The average molecular weight is 466 g/mol. The van der Waals surface area contributed by atoms with Crippen molar-refractivity contribution in [2.45, 2.75) is 31.0 Å². The lowest BCUT2D eigenvalue weighted by Gasteiger charge is -2.21. The van der Waals surface area contributed by atoms with Crippen LogP contribution in [0.4, 0.5) is 0 Å². The Morgan fingerprint density at radius 3 is 2.03 bits per heavy atom. The summed E-state index contributed by atoms with van der Waals surface area (Å²) in [5.41, 5.74) is 4.63. The number of carboxylic acids is 3. The molecule has 11 nitrogen and oxygen atoms in total. The third-order valence-corrected chi connectivity index (χ3v) is 5.85. The third kappa shape index (κ3) is 12.5. The highest BCUT2D eigenvalue weighted by molar-refractivity contribution is 7.99. The third-order valence-electron chi connectivity index (χ3n) is 3.50. The van der Waals surface area contributed by atoms with E-state index in [1.807, 2.05) is 0 Å². The summed E-state index contributed by atoms with van der Waals surface area (Å²) in [4.78, 5) is 45.8. The van der Waals surface area contributed by atoms with Gasteiger partial charge in [-0.05, 0) is 23.7 Å². The second-order valence-electron chi connectivity index (χ2n) is 5.96. The number of nitrogens with one attached hydrogen (secondary N) is 3. The zero-order valence-corrected chi connectivity index (χ0v) is 17.9. The minimum atomic E-state index is -1.50. The summed E-state index contributed by atoms with van der Waals surface area (Å²) in [7, 11) is 0. The van der Waals surface area contributed by atoms with Gasteiger partial charge >= 0.3 is 17.9 Å². The van der Waals surface area contributed by atoms with E-state index in [2.05, 4.69) is 29.3 Å². The molecular weight excluding hydrogens is 438 g/mol. The highest BCUT2D eigenvalue weighted by Gasteiger charge is 2.27. The van der Waals surface area contributed by atoms with Crippen LogP contribution in [0.15, 0.2) is 25.3 Å². The smallest absolute Gasteiger partial charge is 0.327 e. The van der Waals surface area contributed by atoms with E-state index in [-0.39, 0.29) is 30.1 Å². The summed E-state index contributed by atoms with van der Waals surface area (Å²) in [5.74, 6) is -4.10. The molecule has 1 unspecified atom stereocenters. The van der Waals surface area contributed by atoms with Crippen molar-refractivity contribution in [3.05, 3.63) is 25.3 Å². The summed E-state index contributed by atoms with van der Waals surface area (Å²) < 4.78 is 11.7. The van der Waals surface area contributed by atoms with Crippen LogP contribution < -0.4 is 16.2 Å². The van der Waals surface area contributed by atoms with E-state index in [0.717, 1.165) is 0 Å². The standard InChI is InChI=1S/C17H27N3O8S2/c1-3-7-29-9-12(16(24)25)18-14(21)6-5-11(15(22)23)19-20-13(17(26)27)10-30(28)8-4-2/h3-4,11-13,19-20H,1-2,5-10H2,(H,18,21)(H,22,23)(H,24,25)(H,26,27)/t11-,12-,13-,30?/m0/s1. The van der Waals surface area contributed by atoms with Crippen LogP contribution in [0.1, 0.15) is 12.8 Å². The maximum absolute atomic E-state index is 12.0. The molecule has 0 heterocycles. The van der Waals surface area contributed by atoms with Crippen molar-refractivity contribution in [3.63, 3.8) is 0 Å². The van der Waals surface area contributed by atoms with Crippen molar-refractivity contribution >= 4 is 46.8 Å². The Bertz CT molecular complexity index is 620. The molecule has 0 aromatic carbocycles. The van der Waals surface area contributed by atoms with Gasteiger partial charge in [-0.15, -0.1) is 6.58 Å². The normalized spacial score (nSPS) is 14.7. The van der Waals surface area contributed by atoms with E-state index in [1.54, 1.807) is 6.08 Å². The molecule has 6 N–H and O–H groups in total. The number of hydrogen-bond acceptors (Lipinski definition) is 8. The number of carbonyl (C=O) groups excluding carboxylic acids is 1. The Morgan fingerprint density at radius 1 is 0.967 bits per heavy atom. The summed E-state index contributed by atoms with van der Waals surface area (Å²) in [5, 5.41) is 29.9. The van der Waals surface area contributed by atoms with Gasteiger partial charge in [0.1, 0.15) is 23.6 Å². The highest BCUT2D eigenvalue weighted by atomic mass is 32.2. The first-order valence-electron chi connectivity index (χ1n) is 8.75. The Balaban J connectivity index is 4.69. The molecule has 1 amide bonds. The molecule has 0 saturated heterocycles. The number of hydrazine groups is 1. The Morgan fingerprint density at radius 2 is 1.53 bits per heavy atom. The van der Waals surface area contributed by atoms with Crippen molar-refractivity contribution in [3.8, 4) is 0 Å². The largest absolute Gasteiger partial charge is 0.616 e. The number of carboxylic acid groups (broad SMARTS) is 3. The Labute approximate surface area is 181 Å². The monoisotopic (exact) mass is 465 g/mol. The molecule has 0 radical (unpaired) electrons. The van der Waals surface area contributed by atoms with Crippen LogP contribution >= 0.6 is 11.8 Å². The van der Waals surface area contributed by atoms with Gasteiger partial charge in [-0.3, -0.25) is 14.4 Å². The van der Waals surface area contributed by atoms with E-state index in [4.69, 9.17) is 10.2 Å². The number of hydrogen-bond donors (Lipinski definition) is 6. The lowest BCUT2D eigenvalue weighted by atomic mass is 10.1. The van der Waals surface area contributed by atoms with Crippen LogP contribution in [0.5, 0.6) is 0 Å². The van der Waals surface area contributed by atoms with Gasteiger partial charge in [0.15, 0.2) is 6.04 Å². The van der Waals surface area contributed by atoms with Gasteiger partial charge < -0.3 is 25.2 Å². The summed E-state index contributed by atoms with van der Waals surface area (Å²) in [6.07, 6.45) is 2.43. The topological polar surface area (TPSA) is 188 Å². The second-order valence-corrected chi connectivity index (χ2v) is 8.58. The molecule has 0 rings (SSSR count). The van der Waals surface area contributed by atoms with Crippen LogP contribution in [0, 0.1) is 0 Å². The van der Waals surface area contributed by atoms with Gasteiger partial charge in [0.2, 0.25) is 5.91 Å². The lowest BCUT2D eigenvalue weighted by Crippen LogP contribution is -2.55. The second kappa shape index (κ2) is 15.7. The summed E-state index contributed by atoms with van der Waals surface area (Å²) in [6, 6.07) is -3.78. The molecular formula is C17H27N3O8S2. The van der Waals surface area contributed by atoms with Gasteiger partial charge in [-0.2, -0.15) is 11.8 Å². The molecule has 0 fully saturated rings. The van der Waals surface area contributed by atoms with Crippen LogP contribution in [-0.2, 0) is 30.4 Å². The van der Waals surface area contributed by atoms with Crippen LogP contribution in [-0.4, -0.2) is 84.8 Å². The number of thioether (sulfide) groups is 1. The van der Waals surface area contributed by atoms with E-state index in [1.165, 1.54) is 17.8 Å². The predicted molar refractivity (Wildman–Crippen MR) is 114 cm³/mol. The molecule has 13 heteroatoms. The van der Waals surface area contributed by atoms with Crippen molar-refractivity contribution < 1.29 is 39.1 Å². The molecule has 0 saturated carbocycles. The molecule has 4 atom stereocenters. The van der Waals surface area contributed by atoms with Gasteiger partial charge in [0.05, 0.1) is 0 Å². The minimum Gasteiger partial charge on any atom is -0.616 e. The summed E-state index contributed by atoms with van der Waals surface area (Å²) >= 11 is -0.233. The molecule has 0 aliphatic heterocycles. The minimum absolute atomic E-state index is 0.0871. The highest BCUT2D eigenvalue weighted by Crippen LogP contribution is 2.05. The first kappa shape index (κ1) is 27.9. The molecule has 0 aromatic heterocycles. The van der Waals surface area contributed by atoms with E-state index in [0.29, 0.717) is 5.75 Å². The Kier molecular flexibility index (Phi) is 14.7. The number of aliphatic carboxylic acids is 3. The zero-order valence-electron chi connectivity index (χ0n) is 16.2.